The van der Waals surface area contributed by atoms with E-state index < -0.39 is 0 Å². The number of benzene rings is 1. The van der Waals surface area contributed by atoms with Gasteiger partial charge in [0, 0.05) is 0 Å². The molecule has 1 aromatic carbocycles. The number of carbonyl (C=O) groups is 1. The molecule has 2 rings (SSSR count). The van der Waals surface area contributed by atoms with Crippen molar-refractivity contribution in [1.82, 2.24) is 0 Å². The molecule has 1 aliphatic rings. The Kier molecular flexibility index (Phi) is 2.96. The third kappa shape index (κ3) is 2.00. The van der Waals surface area contributed by atoms with Crippen LogP contribution in [0.3, 0.4) is 0 Å². The molecule has 0 bridgehead atoms. The number of methoxy groups -OCH3 is 1. The molecule has 15 heavy (non-hydrogen) atoms. The number of esters is 1. The topological polar surface area (TPSA) is 26.3 Å². The summed E-state index contributed by atoms with van der Waals surface area (Å²) in [7, 11) is 1.39. The molecule has 1 aromatic rings. The van der Waals surface area contributed by atoms with Crippen molar-refractivity contribution in [3.05, 3.63) is 34.9 Å². The molecule has 1 aliphatic carbocycles. The molecule has 0 saturated carbocycles. The molecule has 2 nitrogen and oxygen atoms in total. The maximum absolute atomic E-state index is 11.3. The Morgan fingerprint density at radius 1 is 1.53 bits per heavy atom. The van der Waals surface area contributed by atoms with Crippen molar-refractivity contribution in [3.8, 4) is 0 Å². The standard InChI is InChI=1S/C12H13ClO2/c1-15-12(14)9-5-6-10-8(7-9)3-2-4-11(10)13/h5-7,11H,2-4H2,1H3/t11-/m0/s1. The molecule has 0 radical (unpaired) electrons. The molecular formula is C12H13ClO2. The summed E-state index contributed by atoms with van der Waals surface area (Å²) >= 11 is 6.20. The molecule has 0 aromatic heterocycles. The zero-order valence-electron chi connectivity index (χ0n) is 8.63. The van der Waals surface area contributed by atoms with Crippen LogP contribution < -0.4 is 0 Å². The van der Waals surface area contributed by atoms with Crippen molar-refractivity contribution in [2.75, 3.05) is 7.11 Å². The van der Waals surface area contributed by atoms with Crippen LogP contribution >= 0.6 is 11.6 Å². The van der Waals surface area contributed by atoms with Gasteiger partial charge in [-0.1, -0.05) is 6.07 Å². The van der Waals surface area contributed by atoms with Gasteiger partial charge in [0.25, 0.3) is 0 Å². The van der Waals surface area contributed by atoms with E-state index in [0.717, 1.165) is 24.8 Å². The fourth-order valence-corrected chi connectivity index (χ4v) is 2.37. The average Bonchev–Trinajstić information content (AvgIpc) is 2.28. The lowest BCUT2D eigenvalue weighted by Crippen LogP contribution is -2.08. The SMILES string of the molecule is COC(=O)c1ccc2c(c1)CCC[C@@H]2Cl. The summed E-state index contributed by atoms with van der Waals surface area (Å²) in [4.78, 5) is 11.3. The Morgan fingerprint density at radius 3 is 3.07 bits per heavy atom. The van der Waals surface area contributed by atoms with E-state index in [1.165, 1.54) is 12.7 Å². The van der Waals surface area contributed by atoms with Crippen LogP contribution in [0.15, 0.2) is 18.2 Å². The van der Waals surface area contributed by atoms with E-state index in [4.69, 9.17) is 11.6 Å². The van der Waals surface area contributed by atoms with Gasteiger partial charge >= 0.3 is 5.97 Å². The fraction of sp³-hybridized carbons (Fsp3) is 0.417. The van der Waals surface area contributed by atoms with Gasteiger partial charge < -0.3 is 4.74 Å². The fourth-order valence-electron chi connectivity index (χ4n) is 2.00. The number of hydrogen-bond donors (Lipinski definition) is 0. The van der Waals surface area contributed by atoms with E-state index in [1.54, 1.807) is 6.07 Å². The van der Waals surface area contributed by atoms with Gasteiger partial charge in [0.1, 0.15) is 0 Å². The smallest absolute Gasteiger partial charge is 0.337 e. The van der Waals surface area contributed by atoms with Gasteiger partial charge in [-0.2, -0.15) is 0 Å². The lowest BCUT2D eigenvalue weighted by Gasteiger charge is -2.20. The van der Waals surface area contributed by atoms with E-state index in [2.05, 4.69) is 4.74 Å². The molecule has 1 atom stereocenters. The second kappa shape index (κ2) is 4.23. The summed E-state index contributed by atoms with van der Waals surface area (Å²) < 4.78 is 4.68. The highest BCUT2D eigenvalue weighted by molar-refractivity contribution is 6.21. The zero-order chi connectivity index (χ0) is 10.8. The summed E-state index contributed by atoms with van der Waals surface area (Å²) in [6.07, 6.45) is 3.11. The number of aryl methyl sites for hydroxylation is 1. The first kappa shape index (κ1) is 10.5. The Hall–Kier alpha value is -1.02. The summed E-state index contributed by atoms with van der Waals surface area (Å²) in [6, 6.07) is 5.62. The minimum Gasteiger partial charge on any atom is -0.465 e. The van der Waals surface area contributed by atoms with Crippen LogP contribution in [0.1, 0.15) is 39.7 Å². The molecular weight excluding hydrogens is 212 g/mol. The van der Waals surface area contributed by atoms with Gasteiger partial charge in [-0.15, -0.1) is 11.6 Å². The highest BCUT2D eigenvalue weighted by atomic mass is 35.5. The minimum absolute atomic E-state index is 0.0976. The van der Waals surface area contributed by atoms with Gasteiger partial charge in [-0.25, -0.2) is 4.79 Å². The van der Waals surface area contributed by atoms with Crippen LogP contribution in [0.5, 0.6) is 0 Å². The number of halogens is 1. The molecule has 0 spiro atoms. The molecule has 80 valence electrons. The van der Waals surface area contributed by atoms with Gasteiger partial charge in [0.2, 0.25) is 0 Å². The number of alkyl halides is 1. The first-order valence-corrected chi connectivity index (χ1v) is 5.51. The highest BCUT2D eigenvalue weighted by Gasteiger charge is 2.19. The monoisotopic (exact) mass is 224 g/mol. The molecule has 0 fully saturated rings. The van der Waals surface area contributed by atoms with E-state index in [0.29, 0.717) is 5.56 Å². The quantitative estimate of drug-likeness (QED) is 0.541. The second-order valence-electron chi connectivity index (χ2n) is 3.76. The maximum atomic E-state index is 11.3. The van der Waals surface area contributed by atoms with Crippen LogP contribution in [-0.4, -0.2) is 13.1 Å². The predicted octanol–water partition coefficient (Wildman–Crippen LogP) is 3.09. The molecule has 0 saturated heterocycles. The highest BCUT2D eigenvalue weighted by Crippen LogP contribution is 2.34. The van der Waals surface area contributed by atoms with Crippen molar-refractivity contribution in [1.29, 1.82) is 0 Å². The van der Waals surface area contributed by atoms with Gasteiger partial charge in [0.05, 0.1) is 18.1 Å². The second-order valence-corrected chi connectivity index (χ2v) is 4.29. The number of fused-ring (bicyclic) bond motifs is 1. The summed E-state index contributed by atoms with van der Waals surface area (Å²) in [5.74, 6) is -0.283. The number of ether oxygens (including phenoxy) is 1. The van der Waals surface area contributed by atoms with Crippen molar-refractivity contribution in [2.45, 2.75) is 24.6 Å². The summed E-state index contributed by atoms with van der Waals surface area (Å²) in [5.41, 5.74) is 2.96. The Labute approximate surface area is 94.2 Å². The first-order valence-electron chi connectivity index (χ1n) is 5.07. The van der Waals surface area contributed by atoms with Crippen molar-refractivity contribution < 1.29 is 9.53 Å². The summed E-state index contributed by atoms with van der Waals surface area (Å²) in [5, 5.41) is 0.0976. The van der Waals surface area contributed by atoms with Gasteiger partial charge in [-0.3, -0.25) is 0 Å². The molecule has 0 aliphatic heterocycles. The van der Waals surface area contributed by atoms with Crippen molar-refractivity contribution in [3.63, 3.8) is 0 Å². The maximum Gasteiger partial charge on any atom is 0.337 e. The van der Waals surface area contributed by atoms with Crippen LogP contribution in [0.2, 0.25) is 0 Å². The normalized spacial score (nSPS) is 19.5. The molecule has 0 unspecified atom stereocenters. The third-order valence-electron chi connectivity index (χ3n) is 2.81. The van der Waals surface area contributed by atoms with Crippen LogP contribution in [-0.2, 0) is 11.2 Å². The Morgan fingerprint density at radius 2 is 2.33 bits per heavy atom. The molecule has 0 heterocycles. The number of hydrogen-bond acceptors (Lipinski definition) is 2. The van der Waals surface area contributed by atoms with Crippen LogP contribution in [0.4, 0.5) is 0 Å². The van der Waals surface area contributed by atoms with E-state index >= 15 is 0 Å². The lowest BCUT2D eigenvalue weighted by atomic mass is 9.90. The van der Waals surface area contributed by atoms with Crippen molar-refractivity contribution in [2.24, 2.45) is 0 Å². The third-order valence-corrected chi connectivity index (χ3v) is 3.26. The summed E-state index contributed by atoms with van der Waals surface area (Å²) in [6.45, 7) is 0. The Bertz CT molecular complexity index is 387. The minimum atomic E-state index is -0.283. The Balaban J connectivity index is 2.37. The molecule has 3 heteroatoms. The van der Waals surface area contributed by atoms with Crippen LogP contribution in [0, 0.1) is 0 Å². The number of rotatable bonds is 1. The zero-order valence-corrected chi connectivity index (χ0v) is 9.38. The van der Waals surface area contributed by atoms with E-state index in [-0.39, 0.29) is 11.3 Å². The lowest BCUT2D eigenvalue weighted by molar-refractivity contribution is 0.0600. The van der Waals surface area contributed by atoms with E-state index in [1.807, 2.05) is 12.1 Å². The van der Waals surface area contributed by atoms with Crippen molar-refractivity contribution >= 4 is 17.6 Å². The number of carbonyl (C=O) groups excluding carboxylic acids is 1. The predicted molar refractivity (Wildman–Crippen MR) is 59.3 cm³/mol. The molecule has 0 N–H and O–H groups in total. The largest absolute Gasteiger partial charge is 0.465 e. The van der Waals surface area contributed by atoms with Gasteiger partial charge in [0.15, 0.2) is 0 Å². The van der Waals surface area contributed by atoms with Crippen LogP contribution in [0.25, 0.3) is 0 Å². The van der Waals surface area contributed by atoms with Gasteiger partial charge in [-0.05, 0) is 42.5 Å². The first-order chi connectivity index (χ1) is 7.22. The average molecular weight is 225 g/mol. The molecule has 0 amide bonds. The van der Waals surface area contributed by atoms with E-state index in [9.17, 15) is 4.79 Å².